The number of H-pyrrole nitrogens is 1. The summed E-state index contributed by atoms with van der Waals surface area (Å²) in [5, 5.41) is 10.6. The van der Waals surface area contributed by atoms with E-state index < -0.39 is 4.92 Å². The molecule has 6 nitrogen and oxygen atoms in total. The Hall–Kier alpha value is -1.63. The van der Waals surface area contributed by atoms with E-state index in [-0.39, 0.29) is 16.6 Å². The van der Waals surface area contributed by atoms with E-state index >= 15 is 0 Å². The maximum atomic E-state index is 10.6. The molecule has 0 aromatic carbocycles. The molecule has 0 saturated carbocycles. The highest BCUT2D eigenvalue weighted by atomic mass is 32.2. The third-order valence-electron chi connectivity index (χ3n) is 1.67. The van der Waals surface area contributed by atoms with Crippen molar-refractivity contribution in [2.24, 2.45) is 0 Å². The Morgan fingerprint density at radius 2 is 2.38 bits per heavy atom. The largest absolute Gasteiger partial charge is 0.358 e. The van der Waals surface area contributed by atoms with Crippen molar-refractivity contribution in [1.82, 2.24) is 9.97 Å². The van der Waals surface area contributed by atoms with E-state index in [9.17, 15) is 14.9 Å². The molecule has 0 aliphatic heterocycles. The third kappa shape index (κ3) is 3.50. The monoisotopic (exact) mass is 241 g/mol. The highest BCUT2D eigenvalue weighted by Crippen LogP contribution is 2.16. The summed E-state index contributed by atoms with van der Waals surface area (Å²) >= 11 is 1.14. The van der Waals surface area contributed by atoms with Gasteiger partial charge in [0.25, 0.3) is 0 Å². The van der Waals surface area contributed by atoms with Crippen LogP contribution in [0.15, 0.2) is 6.08 Å². The molecule has 16 heavy (non-hydrogen) atoms. The van der Waals surface area contributed by atoms with Crippen molar-refractivity contribution < 1.29 is 9.72 Å². The summed E-state index contributed by atoms with van der Waals surface area (Å²) in [5.41, 5.74) is 0.284. The van der Waals surface area contributed by atoms with Crippen molar-refractivity contribution >= 4 is 28.8 Å². The van der Waals surface area contributed by atoms with Gasteiger partial charge in [0.05, 0.1) is 0 Å². The van der Waals surface area contributed by atoms with E-state index in [1.807, 2.05) is 0 Å². The minimum Gasteiger partial charge on any atom is -0.358 e. The van der Waals surface area contributed by atoms with Gasteiger partial charge in [-0.2, -0.15) is 0 Å². The van der Waals surface area contributed by atoms with Gasteiger partial charge in [-0.05, 0) is 11.0 Å². The fourth-order valence-electron chi connectivity index (χ4n) is 1.08. The van der Waals surface area contributed by atoms with Crippen LogP contribution in [0.2, 0.25) is 0 Å². The number of nitrogens with zero attached hydrogens (tertiary/aromatic N) is 2. The number of aryl methyl sites for hydroxylation is 1. The van der Waals surface area contributed by atoms with Gasteiger partial charge in [0.2, 0.25) is 0 Å². The Morgan fingerprint density at radius 3 is 2.94 bits per heavy atom. The number of nitrogens with one attached hydrogen (secondary N) is 1. The van der Waals surface area contributed by atoms with Gasteiger partial charge in [-0.1, -0.05) is 17.8 Å². The van der Waals surface area contributed by atoms with Gasteiger partial charge in [0.1, 0.15) is 0 Å². The number of imidazole rings is 1. The quantitative estimate of drug-likeness (QED) is 0.642. The molecule has 1 aromatic heterocycles. The van der Waals surface area contributed by atoms with Crippen LogP contribution in [-0.2, 0) is 4.79 Å². The van der Waals surface area contributed by atoms with Gasteiger partial charge < -0.3 is 10.1 Å². The molecule has 7 heteroatoms. The van der Waals surface area contributed by atoms with Gasteiger partial charge in [-0.25, -0.2) is 9.97 Å². The molecule has 0 aliphatic carbocycles. The van der Waals surface area contributed by atoms with Gasteiger partial charge in [0, 0.05) is 19.6 Å². The number of rotatable bonds is 4. The summed E-state index contributed by atoms with van der Waals surface area (Å²) < 4.78 is 0. The Bertz CT molecular complexity index is 439. The zero-order chi connectivity index (χ0) is 12.1. The molecule has 0 bridgehead atoms. The summed E-state index contributed by atoms with van der Waals surface area (Å²) in [7, 11) is 0. The SMILES string of the molecule is CC(=O)SCC=Cc1nc(C)[nH]c1[N+](=O)[O-]. The van der Waals surface area contributed by atoms with Crippen LogP contribution in [-0.4, -0.2) is 25.8 Å². The van der Waals surface area contributed by atoms with Crippen LogP contribution < -0.4 is 0 Å². The minimum atomic E-state index is -0.516. The van der Waals surface area contributed by atoms with Crippen molar-refractivity contribution in [3.63, 3.8) is 0 Å². The number of nitro groups is 1. The molecular formula is C9H11N3O3S. The molecule has 0 atom stereocenters. The minimum absolute atomic E-state index is 0.0114. The molecule has 0 unspecified atom stereocenters. The molecule has 1 N–H and O–H groups in total. The molecule has 1 aromatic rings. The lowest BCUT2D eigenvalue weighted by Gasteiger charge is -1.91. The lowest BCUT2D eigenvalue weighted by Crippen LogP contribution is -1.90. The van der Waals surface area contributed by atoms with Crippen LogP contribution in [0, 0.1) is 17.0 Å². The smallest absolute Gasteiger partial charge is 0.348 e. The Morgan fingerprint density at radius 1 is 1.69 bits per heavy atom. The number of aromatic nitrogens is 2. The van der Waals surface area contributed by atoms with E-state index in [1.54, 1.807) is 13.0 Å². The lowest BCUT2D eigenvalue weighted by molar-refractivity contribution is -0.389. The summed E-state index contributed by atoms with van der Waals surface area (Å²) in [6, 6.07) is 0. The topological polar surface area (TPSA) is 88.9 Å². The van der Waals surface area contributed by atoms with Crippen molar-refractivity contribution in [3.05, 3.63) is 27.7 Å². The summed E-state index contributed by atoms with van der Waals surface area (Å²) in [6.45, 7) is 3.12. The fourth-order valence-corrected chi connectivity index (χ4v) is 1.50. The van der Waals surface area contributed by atoms with E-state index in [0.29, 0.717) is 11.6 Å². The van der Waals surface area contributed by atoms with Crippen LogP contribution in [0.1, 0.15) is 18.4 Å². The number of aromatic amines is 1. The zero-order valence-electron chi connectivity index (χ0n) is 8.89. The van der Waals surface area contributed by atoms with Gasteiger partial charge in [-0.15, -0.1) is 0 Å². The second kappa shape index (κ2) is 5.45. The molecule has 0 spiro atoms. The first-order valence-electron chi connectivity index (χ1n) is 4.51. The van der Waals surface area contributed by atoms with E-state index in [1.165, 1.54) is 13.0 Å². The maximum Gasteiger partial charge on any atom is 0.348 e. The number of thioether (sulfide) groups is 1. The van der Waals surface area contributed by atoms with Crippen LogP contribution in [0.25, 0.3) is 6.08 Å². The Labute approximate surface area is 96.3 Å². The average Bonchev–Trinajstić information content (AvgIpc) is 2.54. The first-order chi connectivity index (χ1) is 7.50. The first-order valence-corrected chi connectivity index (χ1v) is 5.50. The molecule has 0 radical (unpaired) electrons. The highest BCUT2D eigenvalue weighted by molar-refractivity contribution is 8.13. The molecule has 0 fully saturated rings. The lowest BCUT2D eigenvalue weighted by atomic mass is 10.4. The Kier molecular flexibility index (Phi) is 4.24. The molecule has 86 valence electrons. The van der Waals surface area contributed by atoms with Crippen LogP contribution in [0.4, 0.5) is 5.82 Å². The second-order valence-electron chi connectivity index (χ2n) is 3.02. The standard InChI is InChI=1S/C9H11N3O3S/c1-6-10-8(9(11-6)12(14)15)4-3-5-16-7(2)13/h3-4H,5H2,1-2H3,(H,10,11). The van der Waals surface area contributed by atoms with Crippen LogP contribution in [0.5, 0.6) is 0 Å². The predicted molar refractivity (Wildman–Crippen MR) is 62.2 cm³/mol. The molecule has 1 rings (SSSR count). The highest BCUT2D eigenvalue weighted by Gasteiger charge is 2.14. The molecule has 0 amide bonds. The maximum absolute atomic E-state index is 10.6. The van der Waals surface area contributed by atoms with Crippen molar-refractivity contribution in [3.8, 4) is 0 Å². The summed E-state index contributed by atoms with van der Waals surface area (Å²) in [4.78, 5) is 27.3. The van der Waals surface area contributed by atoms with Gasteiger partial charge in [-0.3, -0.25) is 4.79 Å². The molecule has 0 saturated heterocycles. The fraction of sp³-hybridized carbons (Fsp3) is 0.333. The Balaban J connectivity index is 2.72. The molecule has 1 heterocycles. The average molecular weight is 241 g/mol. The summed E-state index contributed by atoms with van der Waals surface area (Å²) in [5.74, 6) is 0.852. The summed E-state index contributed by atoms with van der Waals surface area (Å²) in [6.07, 6.45) is 3.21. The normalized spacial score (nSPS) is 10.9. The second-order valence-corrected chi connectivity index (χ2v) is 4.22. The molecular weight excluding hydrogens is 230 g/mol. The number of carbonyl (C=O) groups is 1. The number of hydrogen-bond acceptors (Lipinski definition) is 5. The van der Waals surface area contributed by atoms with E-state index in [2.05, 4.69) is 9.97 Å². The van der Waals surface area contributed by atoms with Crippen molar-refractivity contribution in [2.75, 3.05) is 5.75 Å². The number of carbonyl (C=O) groups excluding carboxylic acids is 1. The van der Waals surface area contributed by atoms with Gasteiger partial charge >= 0.3 is 5.82 Å². The van der Waals surface area contributed by atoms with Gasteiger partial charge in [0.15, 0.2) is 16.6 Å². The molecule has 0 aliphatic rings. The first kappa shape index (κ1) is 12.4. The van der Waals surface area contributed by atoms with Crippen LogP contribution >= 0.6 is 11.8 Å². The van der Waals surface area contributed by atoms with Crippen LogP contribution in [0.3, 0.4) is 0 Å². The third-order valence-corrected chi connectivity index (χ3v) is 2.44. The van der Waals surface area contributed by atoms with E-state index in [4.69, 9.17) is 0 Å². The predicted octanol–water partition coefficient (Wildman–Crippen LogP) is 1.92. The number of hydrogen-bond donors (Lipinski definition) is 1. The van der Waals surface area contributed by atoms with Crippen molar-refractivity contribution in [2.45, 2.75) is 13.8 Å². The zero-order valence-corrected chi connectivity index (χ0v) is 9.71. The van der Waals surface area contributed by atoms with E-state index in [0.717, 1.165) is 11.8 Å². The van der Waals surface area contributed by atoms with Crippen molar-refractivity contribution in [1.29, 1.82) is 0 Å².